The molecule has 0 bridgehead atoms. The number of carbonyl (C=O) groups excluding carboxylic acids is 4. The van der Waals surface area contributed by atoms with Gasteiger partial charge in [0.05, 0.1) is 12.5 Å². The normalized spacial score (nSPS) is 35.0. The van der Waals surface area contributed by atoms with E-state index in [9.17, 15) is 49.6 Å². The number of esters is 2. The van der Waals surface area contributed by atoms with Crippen LogP contribution in [0.25, 0.3) is 0 Å². The van der Waals surface area contributed by atoms with Crippen LogP contribution in [-0.4, -0.2) is 87.6 Å². The molecule has 3 saturated carbocycles. The minimum atomic E-state index is -1.87. The minimum absolute atomic E-state index is 0.0314. The average Bonchev–Trinajstić information content (AvgIpc) is 3.23. The first-order valence-electron chi connectivity index (χ1n) is 14.9. The predicted octanol–water partition coefficient (Wildman–Crippen LogP) is 0.378. The molecule has 0 aromatic rings. The predicted molar refractivity (Wildman–Crippen MR) is 147 cm³/mol. The first-order chi connectivity index (χ1) is 21.0. The average molecular weight is 642 g/mol. The van der Waals surface area contributed by atoms with Gasteiger partial charge in [-0.1, -0.05) is 19.4 Å². The number of nitrogens with zero attached hydrogens (tertiary/aromatic N) is 2. The third kappa shape index (κ3) is 6.65. The molecule has 3 fully saturated rings. The summed E-state index contributed by atoms with van der Waals surface area (Å²) in [6.45, 7) is 1.34. The maximum absolute atomic E-state index is 13.4. The van der Waals surface area contributed by atoms with Gasteiger partial charge in [-0.3, -0.25) is 19.2 Å². The van der Waals surface area contributed by atoms with Gasteiger partial charge in [-0.05, 0) is 67.8 Å². The van der Waals surface area contributed by atoms with Gasteiger partial charge in [-0.2, -0.15) is 0 Å². The Morgan fingerprint density at radius 2 is 1.80 bits per heavy atom. The standard InChI is InChI=1S/C28H39N3O14/c1-26-7-5-16(32)9-15(26)3-4-18-19-6-8-28(37,27(19,2)11-21(33)24(18)26)22(34)14-42-23(35)10-20(29)25(36)43-12-17(45-31(40)41)13-44-30(38)39/h9,17-21,24,33,37H,3-8,10-14,29H2,1-2H3/t17?,18-,19-,20?,21-,24+,26-,27-,28-/m0/s1. The van der Waals surface area contributed by atoms with Gasteiger partial charge < -0.3 is 35.1 Å². The number of nitrogens with two attached hydrogens (primary N) is 1. The van der Waals surface area contributed by atoms with Crippen LogP contribution >= 0.6 is 0 Å². The number of aliphatic hydroxyl groups is 2. The van der Waals surface area contributed by atoms with Crippen LogP contribution in [0, 0.1) is 48.8 Å². The summed E-state index contributed by atoms with van der Waals surface area (Å²) in [5.41, 5.74) is 3.53. The van der Waals surface area contributed by atoms with Crippen LogP contribution in [0.5, 0.6) is 0 Å². The SMILES string of the molecule is C[C@]12CCC(=O)C=C1CC[C@@H]1[C@@H]2[C@@H](O)C[C@@]2(C)[C@H]1CC[C@]2(O)C(=O)COC(=O)CC(N)C(=O)OCC(CO[N+](=O)[O-])O[N+](=O)[O-]. The zero-order valence-corrected chi connectivity index (χ0v) is 25.1. The van der Waals surface area contributed by atoms with Crippen LogP contribution in [0.15, 0.2) is 11.6 Å². The lowest BCUT2D eigenvalue weighted by Crippen LogP contribution is -2.62. The van der Waals surface area contributed by atoms with Gasteiger partial charge in [0.2, 0.25) is 5.78 Å². The zero-order chi connectivity index (χ0) is 33.3. The van der Waals surface area contributed by atoms with Gasteiger partial charge >= 0.3 is 11.9 Å². The van der Waals surface area contributed by atoms with Crippen molar-refractivity contribution in [2.75, 3.05) is 19.8 Å². The number of Topliss-reactive ketones (excluding diaryl/α,β-unsaturated/α-hetero) is 1. The number of aliphatic hydroxyl groups excluding tert-OH is 1. The Balaban J connectivity index is 1.33. The van der Waals surface area contributed by atoms with E-state index in [1.54, 1.807) is 13.0 Å². The van der Waals surface area contributed by atoms with E-state index in [0.29, 0.717) is 25.7 Å². The van der Waals surface area contributed by atoms with Crippen molar-refractivity contribution >= 4 is 23.5 Å². The summed E-state index contributed by atoms with van der Waals surface area (Å²) in [7, 11) is 0. The molecule has 0 saturated heterocycles. The molecule has 4 rings (SSSR count). The Labute approximate surface area is 257 Å². The van der Waals surface area contributed by atoms with Crippen molar-refractivity contribution < 1.29 is 58.7 Å². The van der Waals surface area contributed by atoms with E-state index in [-0.39, 0.29) is 41.8 Å². The highest BCUT2D eigenvalue weighted by atomic mass is 17.0. The van der Waals surface area contributed by atoms with Gasteiger partial charge in [-0.15, -0.1) is 20.2 Å². The molecule has 0 heterocycles. The van der Waals surface area contributed by atoms with Crippen molar-refractivity contribution in [3.63, 3.8) is 0 Å². The number of hydrogen-bond donors (Lipinski definition) is 3. The second-order valence-electron chi connectivity index (χ2n) is 13.0. The van der Waals surface area contributed by atoms with Crippen LogP contribution in [0.2, 0.25) is 0 Å². The van der Waals surface area contributed by atoms with Crippen LogP contribution in [-0.2, 0) is 38.3 Å². The Hall–Kier alpha value is -3.70. The van der Waals surface area contributed by atoms with Crippen LogP contribution in [0.3, 0.4) is 0 Å². The van der Waals surface area contributed by atoms with E-state index in [1.807, 2.05) is 0 Å². The molecule has 0 amide bonds. The summed E-state index contributed by atoms with van der Waals surface area (Å²) in [6.07, 6.45) is 1.87. The van der Waals surface area contributed by atoms with Gasteiger partial charge in [-0.25, -0.2) is 0 Å². The monoisotopic (exact) mass is 641 g/mol. The fourth-order valence-corrected chi connectivity index (χ4v) is 8.39. The smallest absolute Gasteiger partial charge is 0.323 e. The first-order valence-corrected chi connectivity index (χ1v) is 14.9. The molecule has 0 spiro atoms. The summed E-state index contributed by atoms with van der Waals surface area (Å²) in [5, 5.41) is 41.6. The maximum atomic E-state index is 13.4. The highest BCUT2D eigenvalue weighted by Gasteiger charge is 2.68. The molecular formula is C28H39N3O14. The van der Waals surface area contributed by atoms with Crippen molar-refractivity contribution in [2.24, 2.45) is 34.3 Å². The lowest BCUT2D eigenvalue weighted by Gasteiger charge is -2.60. The van der Waals surface area contributed by atoms with E-state index in [1.165, 1.54) is 0 Å². The Kier molecular flexibility index (Phi) is 9.84. The highest BCUT2D eigenvalue weighted by molar-refractivity contribution is 5.92. The summed E-state index contributed by atoms with van der Waals surface area (Å²) >= 11 is 0. The van der Waals surface area contributed by atoms with E-state index < -0.39 is 83.4 Å². The van der Waals surface area contributed by atoms with Gasteiger partial charge in [0.15, 0.2) is 18.5 Å². The van der Waals surface area contributed by atoms with Crippen molar-refractivity contribution in [3.05, 3.63) is 31.9 Å². The van der Waals surface area contributed by atoms with E-state index >= 15 is 0 Å². The molecule has 45 heavy (non-hydrogen) atoms. The molecule has 4 aliphatic carbocycles. The molecule has 4 aliphatic rings. The molecule has 0 aromatic carbocycles. The second kappa shape index (κ2) is 13.0. The van der Waals surface area contributed by atoms with Crippen LogP contribution < -0.4 is 5.73 Å². The summed E-state index contributed by atoms with van der Waals surface area (Å²) < 4.78 is 9.79. The lowest BCUT2D eigenvalue weighted by atomic mass is 9.45. The number of hydrogen-bond acceptors (Lipinski definition) is 15. The second-order valence-corrected chi connectivity index (χ2v) is 13.0. The molecule has 4 N–H and O–H groups in total. The van der Waals surface area contributed by atoms with Crippen LogP contribution in [0.4, 0.5) is 0 Å². The number of rotatable bonds is 13. The van der Waals surface area contributed by atoms with Crippen molar-refractivity contribution in [3.8, 4) is 0 Å². The number of allylic oxidation sites excluding steroid dienone is 1. The third-order valence-electron chi connectivity index (χ3n) is 10.6. The molecule has 0 aliphatic heterocycles. The van der Waals surface area contributed by atoms with Crippen molar-refractivity contribution in [2.45, 2.75) is 89.1 Å². The molecule has 0 radical (unpaired) electrons. The lowest BCUT2D eigenvalue weighted by molar-refractivity contribution is -0.790. The summed E-state index contributed by atoms with van der Waals surface area (Å²) in [6, 6.07) is -1.61. The highest BCUT2D eigenvalue weighted by Crippen LogP contribution is 2.67. The Morgan fingerprint density at radius 1 is 1.09 bits per heavy atom. The Bertz CT molecular complexity index is 1270. The number of ether oxygens (including phenoxy) is 2. The van der Waals surface area contributed by atoms with Gasteiger partial charge in [0.25, 0.3) is 10.2 Å². The van der Waals surface area contributed by atoms with Gasteiger partial charge in [0.1, 0.15) is 24.9 Å². The van der Waals surface area contributed by atoms with Crippen LogP contribution in [0.1, 0.15) is 65.2 Å². The topological polar surface area (TPSA) is 258 Å². The summed E-state index contributed by atoms with van der Waals surface area (Å²) in [5.74, 6) is -3.05. The van der Waals surface area contributed by atoms with E-state index in [2.05, 4.69) is 16.6 Å². The maximum Gasteiger partial charge on any atom is 0.323 e. The summed E-state index contributed by atoms with van der Waals surface area (Å²) in [4.78, 5) is 79.1. The largest absolute Gasteiger partial charge is 0.462 e. The third-order valence-corrected chi connectivity index (χ3v) is 10.6. The number of fused-ring (bicyclic) bond motifs is 5. The molecule has 0 aromatic heterocycles. The fraction of sp³-hybridized carbons (Fsp3) is 0.786. The number of carbonyl (C=O) groups is 4. The molecule has 9 atom stereocenters. The first kappa shape index (κ1) is 34.2. The molecule has 17 heteroatoms. The van der Waals surface area contributed by atoms with Crippen molar-refractivity contribution in [1.29, 1.82) is 0 Å². The zero-order valence-electron chi connectivity index (χ0n) is 25.1. The molecule has 250 valence electrons. The van der Waals surface area contributed by atoms with E-state index in [4.69, 9.17) is 15.2 Å². The molecule has 17 nitrogen and oxygen atoms in total. The van der Waals surface area contributed by atoms with Crippen molar-refractivity contribution in [1.82, 2.24) is 0 Å². The quantitative estimate of drug-likeness (QED) is 0.139. The van der Waals surface area contributed by atoms with Gasteiger partial charge in [0, 0.05) is 11.8 Å². The van der Waals surface area contributed by atoms with E-state index in [0.717, 1.165) is 12.0 Å². The molecule has 2 unspecified atom stereocenters. The number of ketones is 2. The minimum Gasteiger partial charge on any atom is -0.462 e. The fourth-order valence-electron chi connectivity index (χ4n) is 8.39. The Morgan fingerprint density at radius 3 is 2.47 bits per heavy atom. The molecular weight excluding hydrogens is 602 g/mol.